The number of aromatic nitrogens is 4. The predicted octanol–water partition coefficient (Wildman–Crippen LogP) is 2.58. The largest absolute Gasteiger partial charge is 0.354 e. The van der Waals surface area contributed by atoms with Gasteiger partial charge in [0.05, 0.1) is 11.4 Å². The SMILES string of the molecule is Cc1cc(C)n(-c2cc(N3CCN(S(=O)(=O)Cc4ccc(Cl)cc4)CC3)ncn2)n1. The van der Waals surface area contributed by atoms with E-state index in [0.717, 1.165) is 22.8 Å². The molecule has 1 aromatic carbocycles. The van der Waals surface area contributed by atoms with E-state index in [9.17, 15) is 8.42 Å². The summed E-state index contributed by atoms with van der Waals surface area (Å²) in [6.45, 7) is 5.87. The fraction of sp³-hybridized carbons (Fsp3) is 0.350. The fourth-order valence-corrected chi connectivity index (χ4v) is 5.21. The molecule has 1 fully saturated rings. The van der Waals surface area contributed by atoms with E-state index in [1.807, 2.05) is 26.0 Å². The molecule has 0 N–H and O–H groups in total. The predicted molar refractivity (Wildman–Crippen MR) is 116 cm³/mol. The first-order valence-electron chi connectivity index (χ1n) is 9.65. The molecule has 1 saturated heterocycles. The van der Waals surface area contributed by atoms with Crippen molar-refractivity contribution in [1.29, 1.82) is 0 Å². The normalized spacial score (nSPS) is 15.5. The molecule has 3 heterocycles. The van der Waals surface area contributed by atoms with E-state index >= 15 is 0 Å². The molecule has 8 nitrogen and oxygen atoms in total. The third-order valence-electron chi connectivity index (χ3n) is 5.08. The van der Waals surface area contributed by atoms with Gasteiger partial charge in [-0.05, 0) is 37.6 Å². The maximum atomic E-state index is 12.8. The number of nitrogens with zero attached hydrogens (tertiary/aromatic N) is 6. The van der Waals surface area contributed by atoms with E-state index in [1.165, 1.54) is 6.33 Å². The van der Waals surface area contributed by atoms with Crippen molar-refractivity contribution in [3.8, 4) is 5.82 Å². The van der Waals surface area contributed by atoms with Crippen LogP contribution >= 0.6 is 11.6 Å². The minimum Gasteiger partial charge on any atom is -0.354 e. The quantitative estimate of drug-likeness (QED) is 0.599. The van der Waals surface area contributed by atoms with Crippen LogP contribution in [0.1, 0.15) is 17.0 Å². The molecule has 0 atom stereocenters. The fourth-order valence-electron chi connectivity index (χ4n) is 3.56. The Bertz CT molecular complexity index is 1140. The Kier molecular flexibility index (Phi) is 5.77. The maximum Gasteiger partial charge on any atom is 0.218 e. The smallest absolute Gasteiger partial charge is 0.218 e. The van der Waals surface area contributed by atoms with Gasteiger partial charge in [0.15, 0.2) is 5.82 Å². The molecule has 0 saturated carbocycles. The summed E-state index contributed by atoms with van der Waals surface area (Å²) in [4.78, 5) is 10.8. The van der Waals surface area contributed by atoms with E-state index in [4.69, 9.17) is 11.6 Å². The van der Waals surface area contributed by atoms with Crippen molar-refractivity contribution in [3.63, 3.8) is 0 Å². The molecule has 0 aliphatic carbocycles. The zero-order valence-corrected chi connectivity index (χ0v) is 18.4. The van der Waals surface area contributed by atoms with Crippen LogP contribution in [-0.4, -0.2) is 58.7 Å². The minimum atomic E-state index is -3.39. The third kappa shape index (κ3) is 4.48. The number of aryl methyl sites for hydroxylation is 2. The zero-order valence-electron chi connectivity index (χ0n) is 16.9. The summed E-state index contributed by atoms with van der Waals surface area (Å²) in [5, 5.41) is 5.06. The number of piperazine rings is 1. The van der Waals surface area contributed by atoms with Crippen LogP contribution in [0.4, 0.5) is 5.82 Å². The van der Waals surface area contributed by atoms with Crippen LogP contribution in [0.5, 0.6) is 0 Å². The van der Waals surface area contributed by atoms with Crippen molar-refractivity contribution in [2.45, 2.75) is 19.6 Å². The molecule has 10 heteroatoms. The van der Waals surface area contributed by atoms with Crippen molar-refractivity contribution < 1.29 is 8.42 Å². The van der Waals surface area contributed by atoms with Crippen LogP contribution in [0, 0.1) is 13.8 Å². The summed E-state index contributed by atoms with van der Waals surface area (Å²) in [6, 6.07) is 10.8. The highest BCUT2D eigenvalue weighted by Crippen LogP contribution is 2.20. The molecule has 1 aliphatic rings. The molecule has 2 aromatic heterocycles. The molecule has 3 aromatic rings. The molecule has 0 radical (unpaired) electrons. The molecule has 0 bridgehead atoms. The molecule has 158 valence electrons. The van der Waals surface area contributed by atoms with Crippen LogP contribution in [0.2, 0.25) is 5.02 Å². The van der Waals surface area contributed by atoms with E-state index in [-0.39, 0.29) is 5.75 Å². The lowest BCUT2D eigenvalue weighted by Crippen LogP contribution is -2.49. The minimum absolute atomic E-state index is 0.0280. The first-order valence-corrected chi connectivity index (χ1v) is 11.6. The summed E-state index contributed by atoms with van der Waals surface area (Å²) < 4.78 is 28.9. The van der Waals surface area contributed by atoms with Gasteiger partial charge in [-0.15, -0.1) is 0 Å². The Morgan fingerprint density at radius 3 is 2.27 bits per heavy atom. The van der Waals surface area contributed by atoms with Crippen LogP contribution < -0.4 is 4.90 Å². The average molecular weight is 447 g/mol. The number of rotatable bonds is 5. The van der Waals surface area contributed by atoms with E-state index in [2.05, 4.69) is 20.0 Å². The molecule has 0 amide bonds. The van der Waals surface area contributed by atoms with Gasteiger partial charge in [0.25, 0.3) is 0 Å². The lowest BCUT2D eigenvalue weighted by molar-refractivity contribution is 0.383. The van der Waals surface area contributed by atoms with E-state index in [1.54, 1.807) is 33.3 Å². The zero-order chi connectivity index (χ0) is 21.3. The van der Waals surface area contributed by atoms with Gasteiger partial charge in [0.2, 0.25) is 10.0 Å². The maximum absolute atomic E-state index is 12.8. The molecule has 0 spiro atoms. The molecule has 4 rings (SSSR count). The summed E-state index contributed by atoms with van der Waals surface area (Å²) in [7, 11) is -3.39. The van der Waals surface area contributed by atoms with Gasteiger partial charge < -0.3 is 4.90 Å². The van der Waals surface area contributed by atoms with Gasteiger partial charge in [-0.1, -0.05) is 23.7 Å². The summed E-state index contributed by atoms with van der Waals surface area (Å²) in [6.07, 6.45) is 1.52. The van der Waals surface area contributed by atoms with Gasteiger partial charge >= 0.3 is 0 Å². The van der Waals surface area contributed by atoms with E-state index < -0.39 is 10.0 Å². The third-order valence-corrected chi connectivity index (χ3v) is 7.19. The van der Waals surface area contributed by atoms with Crippen molar-refractivity contribution in [2.75, 3.05) is 31.1 Å². The molecule has 1 aliphatic heterocycles. The monoisotopic (exact) mass is 446 g/mol. The van der Waals surface area contributed by atoms with Crippen molar-refractivity contribution in [3.05, 3.63) is 64.7 Å². The lowest BCUT2D eigenvalue weighted by Gasteiger charge is -2.34. The Labute approximate surface area is 181 Å². The Morgan fingerprint density at radius 2 is 1.63 bits per heavy atom. The number of sulfonamides is 1. The van der Waals surface area contributed by atoms with Gasteiger partial charge in [-0.25, -0.2) is 23.1 Å². The van der Waals surface area contributed by atoms with Gasteiger partial charge in [-0.3, -0.25) is 0 Å². The van der Waals surface area contributed by atoms with Gasteiger partial charge in [0.1, 0.15) is 12.1 Å². The summed E-state index contributed by atoms with van der Waals surface area (Å²) in [5.41, 5.74) is 2.65. The number of hydrogen-bond donors (Lipinski definition) is 0. The van der Waals surface area contributed by atoms with E-state index in [0.29, 0.717) is 37.0 Å². The molecular formula is C20H23ClN6O2S. The van der Waals surface area contributed by atoms with Gasteiger partial charge in [0, 0.05) is 43.0 Å². The Morgan fingerprint density at radius 1 is 0.967 bits per heavy atom. The van der Waals surface area contributed by atoms with Crippen molar-refractivity contribution >= 4 is 27.4 Å². The topological polar surface area (TPSA) is 84.2 Å². The number of hydrogen-bond acceptors (Lipinski definition) is 6. The highest BCUT2D eigenvalue weighted by Gasteiger charge is 2.28. The highest BCUT2D eigenvalue weighted by atomic mass is 35.5. The lowest BCUT2D eigenvalue weighted by atomic mass is 10.2. The second-order valence-corrected chi connectivity index (χ2v) is 9.75. The van der Waals surface area contributed by atoms with Crippen LogP contribution in [0.3, 0.4) is 0 Å². The first kappa shape index (κ1) is 20.8. The average Bonchev–Trinajstić information content (AvgIpc) is 3.08. The second-order valence-electron chi connectivity index (χ2n) is 7.34. The second kappa shape index (κ2) is 8.33. The van der Waals surface area contributed by atoms with Crippen molar-refractivity contribution in [1.82, 2.24) is 24.1 Å². The molecule has 0 unspecified atom stereocenters. The number of anilines is 1. The number of halogens is 1. The molecular weight excluding hydrogens is 424 g/mol. The highest BCUT2D eigenvalue weighted by molar-refractivity contribution is 7.88. The Hall–Kier alpha value is -2.49. The van der Waals surface area contributed by atoms with Crippen molar-refractivity contribution in [2.24, 2.45) is 0 Å². The van der Waals surface area contributed by atoms with Crippen LogP contribution in [0.25, 0.3) is 5.82 Å². The summed E-state index contributed by atoms with van der Waals surface area (Å²) in [5.74, 6) is 1.44. The number of benzene rings is 1. The van der Waals surface area contributed by atoms with Crippen LogP contribution in [-0.2, 0) is 15.8 Å². The Balaban J connectivity index is 1.44. The molecule has 30 heavy (non-hydrogen) atoms. The van der Waals surface area contributed by atoms with Crippen LogP contribution in [0.15, 0.2) is 42.7 Å². The standard InChI is InChI=1S/C20H23ClN6O2S/c1-15-11-16(2)27(24-15)20-12-19(22-14-23-20)25-7-9-26(10-8-25)30(28,29)13-17-3-5-18(21)6-4-17/h3-6,11-12,14H,7-10,13H2,1-2H3. The summed E-state index contributed by atoms with van der Waals surface area (Å²) >= 11 is 5.88. The van der Waals surface area contributed by atoms with Gasteiger partial charge in [-0.2, -0.15) is 9.40 Å². The first-order chi connectivity index (χ1) is 14.3.